The third kappa shape index (κ3) is 4.00. The van der Waals surface area contributed by atoms with Crippen LogP contribution in [0, 0.1) is 0 Å². The van der Waals surface area contributed by atoms with E-state index in [1.165, 1.54) is 0 Å². The number of nitrogens with one attached hydrogen (secondary N) is 2. The van der Waals surface area contributed by atoms with Crippen LogP contribution in [0.15, 0.2) is 41.2 Å². The Hall–Kier alpha value is -2.97. The Kier molecular flexibility index (Phi) is 6.62. The number of aryl methyl sites for hydroxylation is 2. The fraction of sp³-hybridized carbons (Fsp3) is 0.364. The number of fused-ring (bicyclic) bond motifs is 1. The molecule has 0 unspecified atom stereocenters. The van der Waals surface area contributed by atoms with E-state index in [0.29, 0.717) is 17.0 Å². The molecule has 1 aliphatic rings. The molecular formula is C22H28ClN5O3. The molecule has 4 rings (SSSR count). The van der Waals surface area contributed by atoms with Crippen molar-refractivity contribution < 1.29 is 9.53 Å². The van der Waals surface area contributed by atoms with E-state index in [-0.39, 0.29) is 30.0 Å². The minimum atomic E-state index is -0.253. The van der Waals surface area contributed by atoms with Gasteiger partial charge in [-0.25, -0.2) is 4.79 Å². The third-order valence-electron chi connectivity index (χ3n) is 5.80. The first kappa shape index (κ1) is 22.7. The number of carbonyl (C=O) groups is 1. The second-order valence-corrected chi connectivity index (χ2v) is 7.66. The number of nitrogens with zero attached hydrogens (tertiary/aromatic N) is 3. The molecule has 0 aliphatic carbocycles. The van der Waals surface area contributed by atoms with Crippen LogP contribution >= 0.6 is 12.4 Å². The maximum Gasteiger partial charge on any atom is 0.328 e. The summed E-state index contributed by atoms with van der Waals surface area (Å²) in [5.41, 5.74) is 3.54. The highest BCUT2D eigenvalue weighted by Gasteiger charge is 2.24. The highest BCUT2D eigenvalue weighted by atomic mass is 35.5. The van der Waals surface area contributed by atoms with Crippen LogP contribution in [0.25, 0.3) is 11.0 Å². The number of piperazine rings is 1. The van der Waals surface area contributed by atoms with Gasteiger partial charge in [-0.3, -0.25) is 13.9 Å². The summed E-state index contributed by atoms with van der Waals surface area (Å²) in [5.74, 6) is 0.261. The number of carbonyl (C=O) groups excluding carboxylic acids is 1. The minimum Gasteiger partial charge on any atom is -0.496 e. The van der Waals surface area contributed by atoms with Gasteiger partial charge in [0, 0.05) is 39.8 Å². The first-order valence-electron chi connectivity index (χ1n) is 10.0. The van der Waals surface area contributed by atoms with Gasteiger partial charge >= 0.3 is 5.69 Å². The summed E-state index contributed by atoms with van der Waals surface area (Å²) in [5, 5.41) is 6.45. The maximum atomic E-state index is 13.1. The summed E-state index contributed by atoms with van der Waals surface area (Å²) >= 11 is 0. The fourth-order valence-corrected chi connectivity index (χ4v) is 4.09. The van der Waals surface area contributed by atoms with Crippen molar-refractivity contribution >= 4 is 40.7 Å². The van der Waals surface area contributed by atoms with Crippen molar-refractivity contribution in [2.75, 3.05) is 37.0 Å². The average Bonchev–Trinajstić information content (AvgIpc) is 2.97. The number of para-hydroxylation sites is 1. The number of aromatic nitrogens is 2. The number of imidazole rings is 1. The lowest BCUT2D eigenvalue weighted by Gasteiger charge is -2.37. The molecule has 0 radical (unpaired) electrons. The van der Waals surface area contributed by atoms with Crippen LogP contribution in [0.4, 0.5) is 11.4 Å². The van der Waals surface area contributed by atoms with Gasteiger partial charge in [0.25, 0.3) is 5.91 Å². The monoisotopic (exact) mass is 445 g/mol. The molecule has 0 saturated carbocycles. The van der Waals surface area contributed by atoms with Crippen molar-refractivity contribution in [1.29, 1.82) is 0 Å². The standard InChI is InChI=1S/C22H27N5O3.ClH/c1-14-13-23-9-10-27(14)17-12-19-18(25(2)22(29)26(19)3)11-16(17)24-21(28)15-7-5-6-8-20(15)30-4;/h5-8,11-12,14,23H,9-10,13H2,1-4H3,(H,24,28);1H/t14-;/m1./s1. The molecule has 0 spiro atoms. The number of halogens is 1. The highest BCUT2D eigenvalue weighted by Crippen LogP contribution is 2.33. The molecule has 8 nitrogen and oxygen atoms in total. The van der Waals surface area contributed by atoms with E-state index in [0.717, 1.165) is 36.4 Å². The van der Waals surface area contributed by atoms with E-state index in [9.17, 15) is 9.59 Å². The highest BCUT2D eigenvalue weighted by molar-refractivity contribution is 6.09. The van der Waals surface area contributed by atoms with Crippen LogP contribution in [-0.2, 0) is 14.1 Å². The molecule has 1 fully saturated rings. The average molecular weight is 446 g/mol. The van der Waals surface area contributed by atoms with Crippen LogP contribution in [0.1, 0.15) is 17.3 Å². The van der Waals surface area contributed by atoms with Crippen molar-refractivity contribution in [2.24, 2.45) is 14.1 Å². The Morgan fingerprint density at radius 3 is 2.52 bits per heavy atom. The van der Waals surface area contributed by atoms with Crippen molar-refractivity contribution in [1.82, 2.24) is 14.5 Å². The maximum absolute atomic E-state index is 13.1. The van der Waals surface area contributed by atoms with Gasteiger partial charge in [-0.05, 0) is 31.2 Å². The predicted octanol–water partition coefficient (Wildman–Crippen LogP) is 2.36. The first-order valence-corrected chi connectivity index (χ1v) is 10.0. The molecule has 3 aromatic rings. The van der Waals surface area contributed by atoms with Crippen LogP contribution in [-0.4, -0.2) is 47.8 Å². The molecule has 1 saturated heterocycles. The van der Waals surface area contributed by atoms with E-state index in [2.05, 4.69) is 22.5 Å². The molecule has 1 aliphatic heterocycles. The summed E-state index contributed by atoms with van der Waals surface area (Å²) in [6.07, 6.45) is 0. The van der Waals surface area contributed by atoms with Crippen molar-refractivity contribution in [3.05, 3.63) is 52.4 Å². The SMILES string of the molecule is COc1ccccc1C(=O)Nc1cc2c(cc1N1CCNC[C@H]1C)n(C)c(=O)n2C.Cl. The Labute approximate surface area is 187 Å². The summed E-state index contributed by atoms with van der Waals surface area (Å²) in [6, 6.07) is 11.3. The molecule has 2 heterocycles. The van der Waals surface area contributed by atoms with Gasteiger partial charge < -0.3 is 20.3 Å². The lowest BCUT2D eigenvalue weighted by Crippen LogP contribution is -2.50. The van der Waals surface area contributed by atoms with Gasteiger partial charge in [-0.15, -0.1) is 12.4 Å². The lowest BCUT2D eigenvalue weighted by atomic mass is 10.1. The molecule has 1 atom stereocenters. The lowest BCUT2D eigenvalue weighted by molar-refractivity contribution is 0.102. The number of benzene rings is 2. The zero-order chi connectivity index (χ0) is 21.4. The summed E-state index contributed by atoms with van der Waals surface area (Å²) in [4.78, 5) is 27.9. The van der Waals surface area contributed by atoms with E-state index >= 15 is 0 Å². The third-order valence-corrected chi connectivity index (χ3v) is 5.80. The normalized spacial score (nSPS) is 16.1. The minimum absolute atomic E-state index is 0. The molecule has 1 aromatic heterocycles. The zero-order valence-corrected chi connectivity index (χ0v) is 19.0. The van der Waals surface area contributed by atoms with Gasteiger partial charge in [0.1, 0.15) is 5.75 Å². The van der Waals surface area contributed by atoms with E-state index in [1.54, 1.807) is 48.5 Å². The first-order chi connectivity index (χ1) is 14.4. The van der Waals surface area contributed by atoms with E-state index in [4.69, 9.17) is 4.74 Å². The van der Waals surface area contributed by atoms with Gasteiger partial charge in [-0.2, -0.15) is 0 Å². The van der Waals surface area contributed by atoms with Crippen LogP contribution in [0.2, 0.25) is 0 Å². The van der Waals surface area contributed by atoms with Gasteiger partial charge in [-0.1, -0.05) is 12.1 Å². The van der Waals surface area contributed by atoms with Crippen LogP contribution in [0.3, 0.4) is 0 Å². The van der Waals surface area contributed by atoms with Crippen molar-refractivity contribution in [3.8, 4) is 5.75 Å². The zero-order valence-electron chi connectivity index (χ0n) is 18.1. The number of ether oxygens (including phenoxy) is 1. The fourth-order valence-electron chi connectivity index (χ4n) is 4.09. The molecular weight excluding hydrogens is 418 g/mol. The number of rotatable bonds is 4. The van der Waals surface area contributed by atoms with Crippen molar-refractivity contribution in [3.63, 3.8) is 0 Å². The number of hydrogen-bond donors (Lipinski definition) is 2. The topological polar surface area (TPSA) is 80.5 Å². The smallest absolute Gasteiger partial charge is 0.328 e. The molecule has 1 amide bonds. The molecule has 31 heavy (non-hydrogen) atoms. The van der Waals surface area contributed by atoms with Crippen LogP contribution < -0.4 is 26.0 Å². The summed E-state index contributed by atoms with van der Waals surface area (Å²) < 4.78 is 8.58. The number of hydrogen-bond acceptors (Lipinski definition) is 5. The Morgan fingerprint density at radius 2 is 1.84 bits per heavy atom. The van der Waals surface area contributed by atoms with E-state index in [1.807, 2.05) is 18.2 Å². The Bertz CT molecular complexity index is 1170. The molecule has 2 N–H and O–H groups in total. The number of amides is 1. The largest absolute Gasteiger partial charge is 0.496 e. The quantitative estimate of drug-likeness (QED) is 0.644. The summed E-state index contributed by atoms with van der Waals surface area (Å²) in [6.45, 7) is 4.67. The van der Waals surface area contributed by atoms with Gasteiger partial charge in [0.15, 0.2) is 0 Å². The van der Waals surface area contributed by atoms with Gasteiger partial charge in [0.2, 0.25) is 0 Å². The Morgan fingerprint density at radius 1 is 1.16 bits per heavy atom. The van der Waals surface area contributed by atoms with Gasteiger partial charge in [0.05, 0.1) is 35.1 Å². The molecule has 2 aromatic carbocycles. The second-order valence-electron chi connectivity index (χ2n) is 7.66. The number of anilines is 2. The van der Waals surface area contributed by atoms with Crippen LogP contribution in [0.5, 0.6) is 5.75 Å². The molecule has 0 bridgehead atoms. The Balaban J connectivity index is 0.00000272. The predicted molar refractivity (Wildman–Crippen MR) is 126 cm³/mol. The number of methoxy groups -OCH3 is 1. The van der Waals surface area contributed by atoms with E-state index < -0.39 is 0 Å². The van der Waals surface area contributed by atoms with Crippen molar-refractivity contribution in [2.45, 2.75) is 13.0 Å². The second kappa shape index (κ2) is 9.03. The molecule has 9 heteroatoms. The molecule has 166 valence electrons. The summed E-state index contributed by atoms with van der Waals surface area (Å²) in [7, 11) is 5.05.